The third kappa shape index (κ3) is 4.08. The van der Waals surface area contributed by atoms with Crippen LogP contribution in [0.4, 0.5) is 0 Å². The van der Waals surface area contributed by atoms with Gasteiger partial charge in [-0.2, -0.15) is 4.31 Å². The first-order valence-electron chi connectivity index (χ1n) is 8.18. The van der Waals surface area contributed by atoms with Gasteiger partial charge in [-0.3, -0.25) is 4.79 Å². The zero-order valence-corrected chi connectivity index (χ0v) is 15.6. The molecule has 0 spiro atoms. The number of nitrogens with zero attached hydrogens (tertiary/aromatic N) is 2. The fourth-order valence-electron chi connectivity index (χ4n) is 3.14. The largest absolute Gasteiger partial charge is 0.496 e. The van der Waals surface area contributed by atoms with Gasteiger partial charge in [-0.25, -0.2) is 8.42 Å². The predicted octanol–water partition coefficient (Wildman–Crippen LogP) is 1.35. The molecule has 1 aromatic rings. The predicted molar refractivity (Wildman–Crippen MR) is 93.8 cm³/mol. The number of carbonyl (C=O) groups is 1. The van der Waals surface area contributed by atoms with Crippen LogP contribution in [0.5, 0.6) is 5.75 Å². The quantitative estimate of drug-likeness (QED) is 0.800. The first-order valence-corrected chi connectivity index (χ1v) is 9.79. The van der Waals surface area contributed by atoms with Crippen molar-refractivity contribution in [2.75, 3.05) is 39.0 Å². The third-order valence-electron chi connectivity index (χ3n) is 4.39. The lowest BCUT2D eigenvalue weighted by molar-refractivity contribution is -0.131. The number of rotatable bonds is 5. The van der Waals surface area contributed by atoms with Crippen LogP contribution in [0.3, 0.4) is 0 Å². The lowest BCUT2D eigenvalue weighted by Crippen LogP contribution is -2.51. The Morgan fingerprint density at radius 1 is 1.17 bits per heavy atom. The molecule has 1 aliphatic heterocycles. The molecule has 0 atom stereocenters. The second-order valence-corrected chi connectivity index (χ2v) is 8.39. The molecular formula is C17H26N2O4S. The van der Waals surface area contributed by atoms with Gasteiger partial charge in [0, 0.05) is 31.7 Å². The van der Waals surface area contributed by atoms with E-state index in [9.17, 15) is 13.2 Å². The molecule has 1 heterocycles. The fourth-order valence-corrected chi connectivity index (χ4v) is 4.22. The summed E-state index contributed by atoms with van der Waals surface area (Å²) in [7, 11) is -1.56. The second-order valence-electron chi connectivity index (χ2n) is 6.13. The Kier molecular flexibility index (Phi) is 5.87. The minimum Gasteiger partial charge on any atom is -0.496 e. The van der Waals surface area contributed by atoms with Gasteiger partial charge in [0.1, 0.15) is 5.75 Å². The van der Waals surface area contributed by atoms with Gasteiger partial charge in [-0.05, 0) is 26.3 Å². The van der Waals surface area contributed by atoms with Gasteiger partial charge in [-0.1, -0.05) is 17.7 Å². The smallest absolute Gasteiger partial charge is 0.227 e. The van der Waals surface area contributed by atoms with Crippen molar-refractivity contribution in [3.63, 3.8) is 0 Å². The molecule has 1 aliphatic rings. The monoisotopic (exact) mass is 354 g/mol. The molecule has 0 bridgehead atoms. The van der Waals surface area contributed by atoms with Crippen molar-refractivity contribution in [3.05, 3.63) is 28.8 Å². The van der Waals surface area contributed by atoms with Gasteiger partial charge in [0.05, 0.1) is 19.3 Å². The maximum absolute atomic E-state index is 12.6. The van der Waals surface area contributed by atoms with Crippen LogP contribution in [0, 0.1) is 13.8 Å². The molecule has 0 N–H and O–H groups in total. The van der Waals surface area contributed by atoms with Crippen LogP contribution in [-0.4, -0.2) is 62.6 Å². The minimum atomic E-state index is -3.18. The van der Waals surface area contributed by atoms with E-state index in [1.165, 1.54) is 4.31 Å². The van der Waals surface area contributed by atoms with Crippen LogP contribution in [0.1, 0.15) is 23.6 Å². The van der Waals surface area contributed by atoms with Gasteiger partial charge in [-0.15, -0.1) is 0 Å². The lowest BCUT2D eigenvalue weighted by atomic mass is 10.0. The Balaban J connectivity index is 2.05. The molecule has 0 saturated carbocycles. The molecule has 7 heteroatoms. The fraction of sp³-hybridized carbons (Fsp3) is 0.588. The normalized spacial score (nSPS) is 16.2. The van der Waals surface area contributed by atoms with Crippen molar-refractivity contribution in [1.29, 1.82) is 0 Å². The summed E-state index contributed by atoms with van der Waals surface area (Å²) in [6.45, 7) is 7.20. The van der Waals surface area contributed by atoms with E-state index in [1.807, 2.05) is 26.0 Å². The van der Waals surface area contributed by atoms with Crippen molar-refractivity contribution < 1.29 is 17.9 Å². The van der Waals surface area contributed by atoms with Crippen molar-refractivity contribution in [1.82, 2.24) is 9.21 Å². The molecule has 1 aromatic carbocycles. The Labute approximate surface area is 144 Å². The number of methoxy groups -OCH3 is 1. The van der Waals surface area contributed by atoms with Crippen LogP contribution in [0.2, 0.25) is 0 Å². The van der Waals surface area contributed by atoms with E-state index in [4.69, 9.17) is 4.74 Å². The molecule has 1 saturated heterocycles. The molecule has 2 rings (SSSR count). The molecule has 134 valence electrons. The van der Waals surface area contributed by atoms with E-state index < -0.39 is 10.0 Å². The highest BCUT2D eigenvalue weighted by Gasteiger charge is 2.28. The first-order chi connectivity index (χ1) is 11.3. The van der Waals surface area contributed by atoms with Gasteiger partial charge in [0.25, 0.3) is 0 Å². The van der Waals surface area contributed by atoms with Crippen molar-refractivity contribution in [2.24, 2.45) is 0 Å². The summed E-state index contributed by atoms with van der Waals surface area (Å²) in [5.74, 6) is 0.855. The molecule has 0 radical (unpaired) electrons. The van der Waals surface area contributed by atoms with Crippen LogP contribution < -0.4 is 4.74 Å². The Morgan fingerprint density at radius 3 is 2.33 bits per heavy atom. The molecule has 0 unspecified atom stereocenters. The number of benzene rings is 1. The highest BCUT2D eigenvalue weighted by atomic mass is 32.2. The summed E-state index contributed by atoms with van der Waals surface area (Å²) in [6.07, 6.45) is 0.270. The number of aryl methyl sites for hydroxylation is 2. The Hall–Kier alpha value is -1.60. The molecule has 0 aromatic heterocycles. The van der Waals surface area contributed by atoms with Crippen molar-refractivity contribution in [2.45, 2.75) is 27.2 Å². The number of sulfonamides is 1. The summed E-state index contributed by atoms with van der Waals surface area (Å²) in [5.41, 5.74) is 2.98. The van der Waals surface area contributed by atoms with E-state index in [2.05, 4.69) is 0 Å². The SMILES string of the molecule is CCS(=O)(=O)N1CCN(C(=O)Cc2cc(C)cc(C)c2OC)CC1. The van der Waals surface area contributed by atoms with E-state index in [1.54, 1.807) is 18.9 Å². The van der Waals surface area contributed by atoms with Crippen LogP contribution in [0.25, 0.3) is 0 Å². The molecule has 0 aliphatic carbocycles. The summed E-state index contributed by atoms with van der Waals surface area (Å²) < 4.78 is 30.7. The number of ether oxygens (including phenoxy) is 1. The number of hydrogen-bond donors (Lipinski definition) is 0. The summed E-state index contributed by atoms with van der Waals surface area (Å²) in [4.78, 5) is 14.3. The summed E-state index contributed by atoms with van der Waals surface area (Å²) in [5, 5.41) is 0. The molecule has 6 nitrogen and oxygen atoms in total. The number of amides is 1. The Bertz CT molecular complexity index is 708. The van der Waals surface area contributed by atoms with E-state index in [-0.39, 0.29) is 18.1 Å². The average Bonchev–Trinajstić information content (AvgIpc) is 2.54. The van der Waals surface area contributed by atoms with Crippen molar-refractivity contribution >= 4 is 15.9 Å². The zero-order chi connectivity index (χ0) is 17.9. The summed E-state index contributed by atoms with van der Waals surface area (Å²) in [6, 6.07) is 4.00. The lowest BCUT2D eigenvalue weighted by Gasteiger charge is -2.34. The van der Waals surface area contributed by atoms with Crippen LogP contribution in [0.15, 0.2) is 12.1 Å². The number of carbonyl (C=O) groups excluding carboxylic acids is 1. The Morgan fingerprint density at radius 2 is 1.79 bits per heavy atom. The molecule has 1 amide bonds. The standard InChI is InChI=1S/C17H26N2O4S/c1-5-24(21,22)19-8-6-18(7-9-19)16(20)12-15-11-13(2)10-14(3)17(15)23-4/h10-11H,5-9,12H2,1-4H3. The van der Waals surface area contributed by atoms with Crippen LogP contribution in [-0.2, 0) is 21.2 Å². The highest BCUT2D eigenvalue weighted by Crippen LogP contribution is 2.26. The first kappa shape index (κ1) is 18.7. The maximum Gasteiger partial charge on any atom is 0.227 e. The van der Waals surface area contributed by atoms with Gasteiger partial charge in [0.15, 0.2) is 0 Å². The zero-order valence-electron chi connectivity index (χ0n) is 14.8. The second kappa shape index (κ2) is 7.53. The number of piperazine rings is 1. The van der Waals surface area contributed by atoms with E-state index >= 15 is 0 Å². The van der Waals surface area contributed by atoms with Gasteiger partial charge in [0.2, 0.25) is 15.9 Å². The van der Waals surface area contributed by atoms with Crippen molar-refractivity contribution in [3.8, 4) is 5.75 Å². The molecule has 24 heavy (non-hydrogen) atoms. The molecular weight excluding hydrogens is 328 g/mol. The molecule has 1 fully saturated rings. The van der Waals surface area contributed by atoms with Gasteiger partial charge >= 0.3 is 0 Å². The van der Waals surface area contributed by atoms with E-state index in [0.717, 1.165) is 22.4 Å². The van der Waals surface area contributed by atoms with Crippen LogP contribution >= 0.6 is 0 Å². The minimum absolute atomic E-state index is 0.00634. The third-order valence-corrected chi connectivity index (χ3v) is 6.27. The maximum atomic E-state index is 12.6. The van der Waals surface area contributed by atoms with E-state index in [0.29, 0.717) is 26.2 Å². The van der Waals surface area contributed by atoms with Gasteiger partial charge < -0.3 is 9.64 Å². The topological polar surface area (TPSA) is 66.9 Å². The highest BCUT2D eigenvalue weighted by molar-refractivity contribution is 7.89. The average molecular weight is 354 g/mol. The number of hydrogen-bond acceptors (Lipinski definition) is 4. The summed E-state index contributed by atoms with van der Waals surface area (Å²) >= 11 is 0.